The minimum absolute atomic E-state index is 0.168. The van der Waals surface area contributed by atoms with Crippen molar-refractivity contribution < 1.29 is 9.90 Å². The number of amides is 1. The molecular formula is C7H14N2O2. The smallest absolute Gasteiger partial charge is 0.248 e. The van der Waals surface area contributed by atoms with Gasteiger partial charge < -0.3 is 15.3 Å². The Kier molecular flexibility index (Phi) is 2.84. The number of hydrogen-bond acceptors (Lipinski definition) is 3. The SMILES string of the molecule is C[C@H]1CNCCN1C(=O)CO. The number of carbonyl (C=O) groups is 1. The Morgan fingerprint density at radius 2 is 2.55 bits per heavy atom. The third kappa shape index (κ3) is 1.91. The normalized spacial score (nSPS) is 25.3. The fourth-order valence-electron chi connectivity index (χ4n) is 1.30. The predicted octanol–water partition coefficient (Wildman–Crippen LogP) is -1.20. The summed E-state index contributed by atoms with van der Waals surface area (Å²) in [4.78, 5) is 12.7. The highest BCUT2D eigenvalue weighted by molar-refractivity contribution is 5.77. The molecule has 0 unspecified atom stereocenters. The van der Waals surface area contributed by atoms with E-state index in [1.807, 2.05) is 6.92 Å². The van der Waals surface area contributed by atoms with Crippen LogP contribution in [0.25, 0.3) is 0 Å². The summed E-state index contributed by atoms with van der Waals surface area (Å²) in [6.07, 6.45) is 0. The van der Waals surface area contributed by atoms with Crippen LogP contribution in [-0.2, 0) is 4.79 Å². The molecule has 1 saturated heterocycles. The maximum absolute atomic E-state index is 11.0. The molecule has 2 N–H and O–H groups in total. The van der Waals surface area contributed by atoms with Crippen LogP contribution < -0.4 is 5.32 Å². The van der Waals surface area contributed by atoms with Gasteiger partial charge in [-0.15, -0.1) is 0 Å². The van der Waals surface area contributed by atoms with Crippen molar-refractivity contribution in [2.75, 3.05) is 26.2 Å². The zero-order chi connectivity index (χ0) is 8.27. The first kappa shape index (κ1) is 8.49. The zero-order valence-electron chi connectivity index (χ0n) is 6.71. The van der Waals surface area contributed by atoms with Crippen LogP contribution in [-0.4, -0.2) is 48.2 Å². The highest BCUT2D eigenvalue weighted by atomic mass is 16.3. The summed E-state index contributed by atoms with van der Waals surface area (Å²) in [5.74, 6) is -0.168. The first-order valence-electron chi connectivity index (χ1n) is 3.86. The molecule has 1 aliphatic heterocycles. The monoisotopic (exact) mass is 158 g/mol. The van der Waals surface area contributed by atoms with Gasteiger partial charge in [0.15, 0.2) is 0 Å². The van der Waals surface area contributed by atoms with Crippen molar-refractivity contribution in [2.24, 2.45) is 0 Å². The third-order valence-corrected chi connectivity index (χ3v) is 1.96. The number of rotatable bonds is 1. The topological polar surface area (TPSA) is 52.6 Å². The number of hydrogen-bond donors (Lipinski definition) is 2. The van der Waals surface area contributed by atoms with Crippen LogP contribution in [0.2, 0.25) is 0 Å². The van der Waals surface area contributed by atoms with Crippen molar-refractivity contribution in [3.8, 4) is 0 Å². The number of aliphatic hydroxyl groups is 1. The molecule has 0 radical (unpaired) electrons. The van der Waals surface area contributed by atoms with E-state index in [1.165, 1.54) is 0 Å². The summed E-state index contributed by atoms with van der Waals surface area (Å²) in [5, 5.41) is 11.8. The van der Waals surface area contributed by atoms with Crippen LogP contribution >= 0.6 is 0 Å². The maximum Gasteiger partial charge on any atom is 0.248 e. The van der Waals surface area contributed by atoms with E-state index in [1.54, 1.807) is 4.90 Å². The molecule has 11 heavy (non-hydrogen) atoms. The Morgan fingerprint density at radius 3 is 3.09 bits per heavy atom. The average Bonchev–Trinajstić information content (AvgIpc) is 2.04. The number of nitrogens with zero attached hydrogens (tertiary/aromatic N) is 1. The van der Waals surface area contributed by atoms with Gasteiger partial charge in [0.25, 0.3) is 0 Å². The van der Waals surface area contributed by atoms with E-state index in [-0.39, 0.29) is 18.6 Å². The van der Waals surface area contributed by atoms with Crippen molar-refractivity contribution >= 4 is 5.91 Å². The van der Waals surface area contributed by atoms with Crippen molar-refractivity contribution in [1.82, 2.24) is 10.2 Å². The van der Waals surface area contributed by atoms with Crippen LogP contribution in [0, 0.1) is 0 Å². The summed E-state index contributed by atoms with van der Waals surface area (Å²) in [7, 11) is 0. The van der Waals surface area contributed by atoms with Crippen molar-refractivity contribution in [1.29, 1.82) is 0 Å². The number of nitrogens with one attached hydrogen (secondary N) is 1. The van der Waals surface area contributed by atoms with E-state index in [0.29, 0.717) is 6.54 Å². The molecule has 0 aromatic carbocycles. The fraction of sp³-hybridized carbons (Fsp3) is 0.857. The van der Waals surface area contributed by atoms with Crippen LogP contribution in [0.4, 0.5) is 0 Å². The lowest BCUT2D eigenvalue weighted by molar-refractivity contribution is -0.136. The minimum atomic E-state index is -0.371. The van der Waals surface area contributed by atoms with Crippen LogP contribution in [0.3, 0.4) is 0 Å². The molecule has 0 spiro atoms. The second-order valence-electron chi connectivity index (χ2n) is 2.80. The van der Waals surface area contributed by atoms with Gasteiger partial charge in [-0.1, -0.05) is 0 Å². The van der Waals surface area contributed by atoms with Crippen LogP contribution in [0.15, 0.2) is 0 Å². The molecule has 0 saturated carbocycles. The van der Waals surface area contributed by atoms with E-state index in [0.717, 1.165) is 13.1 Å². The molecule has 4 nitrogen and oxygen atoms in total. The molecule has 1 fully saturated rings. The van der Waals surface area contributed by atoms with E-state index in [4.69, 9.17) is 5.11 Å². The molecule has 0 bridgehead atoms. The van der Waals surface area contributed by atoms with E-state index in [9.17, 15) is 4.79 Å². The standard InChI is InChI=1S/C7H14N2O2/c1-6-4-8-2-3-9(6)7(11)5-10/h6,8,10H,2-5H2,1H3/t6-/m0/s1. The van der Waals surface area contributed by atoms with E-state index in [2.05, 4.69) is 5.32 Å². The average molecular weight is 158 g/mol. The van der Waals surface area contributed by atoms with Gasteiger partial charge in [0.1, 0.15) is 6.61 Å². The summed E-state index contributed by atoms with van der Waals surface area (Å²) < 4.78 is 0. The fourth-order valence-corrected chi connectivity index (χ4v) is 1.30. The van der Waals surface area contributed by atoms with Gasteiger partial charge >= 0.3 is 0 Å². The molecule has 0 aromatic heterocycles. The first-order valence-corrected chi connectivity index (χ1v) is 3.86. The van der Waals surface area contributed by atoms with Crippen LogP contribution in [0.1, 0.15) is 6.92 Å². The predicted molar refractivity (Wildman–Crippen MR) is 41.1 cm³/mol. The Morgan fingerprint density at radius 1 is 1.82 bits per heavy atom. The van der Waals surface area contributed by atoms with Crippen molar-refractivity contribution in [2.45, 2.75) is 13.0 Å². The van der Waals surface area contributed by atoms with Gasteiger partial charge in [-0.2, -0.15) is 0 Å². The van der Waals surface area contributed by atoms with Crippen molar-refractivity contribution in [3.05, 3.63) is 0 Å². The first-order chi connectivity index (χ1) is 5.25. The van der Waals surface area contributed by atoms with E-state index < -0.39 is 0 Å². The lowest BCUT2D eigenvalue weighted by atomic mass is 10.2. The Hall–Kier alpha value is -0.610. The maximum atomic E-state index is 11.0. The molecule has 4 heteroatoms. The van der Waals surface area contributed by atoms with Gasteiger partial charge in [0.2, 0.25) is 5.91 Å². The van der Waals surface area contributed by atoms with Gasteiger partial charge in [-0.3, -0.25) is 4.79 Å². The highest BCUT2D eigenvalue weighted by Crippen LogP contribution is 2.01. The summed E-state index contributed by atoms with van der Waals surface area (Å²) >= 11 is 0. The molecular weight excluding hydrogens is 144 g/mol. The largest absolute Gasteiger partial charge is 0.387 e. The second kappa shape index (κ2) is 3.69. The van der Waals surface area contributed by atoms with Gasteiger partial charge in [-0.05, 0) is 6.92 Å². The lowest BCUT2D eigenvalue weighted by Crippen LogP contribution is -2.53. The molecule has 64 valence electrons. The molecule has 1 rings (SSSR count). The molecule has 0 aromatic rings. The minimum Gasteiger partial charge on any atom is -0.387 e. The molecule has 1 atom stereocenters. The Labute approximate surface area is 66.2 Å². The highest BCUT2D eigenvalue weighted by Gasteiger charge is 2.21. The Balaban J connectivity index is 2.47. The van der Waals surface area contributed by atoms with E-state index >= 15 is 0 Å². The van der Waals surface area contributed by atoms with Gasteiger partial charge in [0, 0.05) is 25.7 Å². The summed E-state index contributed by atoms with van der Waals surface area (Å²) in [5.41, 5.74) is 0. The lowest BCUT2D eigenvalue weighted by Gasteiger charge is -2.33. The Bertz CT molecular complexity index is 149. The molecule has 1 heterocycles. The second-order valence-corrected chi connectivity index (χ2v) is 2.80. The molecule has 0 aliphatic carbocycles. The van der Waals surface area contributed by atoms with Crippen molar-refractivity contribution in [3.63, 3.8) is 0 Å². The number of carbonyl (C=O) groups excluding carboxylic acids is 1. The molecule has 1 aliphatic rings. The van der Waals surface area contributed by atoms with Gasteiger partial charge in [-0.25, -0.2) is 0 Å². The number of aliphatic hydroxyl groups excluding tert-OH is 1. The summed E-state index contributed by atoms with van der Waals surface area (Å²) in [6, 6.07) is 0.211. The quantitative estimate of drug-likeness (QED) is 0.504. The molecule has 1 amide bonds. The summed E-state index contributed by atoms with van der Waals surface area (Å²) in [6.45, 7) is 3.96. The third-order valence-electron chi connectivity index (χ3n) is 1.96. The zero-order valence-corrected chi connectivity index (χ0v) is 6.71. The van der Waals surface area contributed by atoms with Gasteiger partial charge in [0.05, 0.1) is 0 Å². The number of piperazine rings is 1. The van der Waals surface area contributed by atoms with Crippen LogP contribution in [0.5, 0.6) is 0 Å².